The summed E-state index contributed by atoms with van der Waals surface area (Å²) in [6.07, 6.45) is 2.48. The number of rotatable bonds is 5. The summed E-state index contributed by atoms with van der Waals surface area (Å²) in [6.45, 7) is 4.22. The maximum absolute atomic E-state index is 5.39. The number of methoxy groups -OCH3 is 2. The molecule has 0 amide bonds. The Labute approximate surface area is 138 Å². The quantitative estimate of drug-likeness (QED) is 0.819. The fourth-order valence-electron chi connectivity index (χ4n) is 3.46. The van der Waals surface area contributed by atoms with E-state index in [1.807, 2.05) is 6.07 Å². The van der Waals surface area contributed by atoms with Gasteiger partial charge in [0.1, 0.15) is 11.5 Å². The van der Waals surface area contributed by atoms with Crippen LogP contribution in [0.15, 0.2) is 42.5 Å². The molecule has 0 aromatic heterocycles. The molecule has 0 aliphatic carbocycles. The minimum Gasteiger partial charge on any atom is -0.497 e. The van der Waals surface area contributed by atoms with E-state index < -0.39 is 0 Å². The first kappa shape index (κ1) is 15.9. The van der Waals surface area contributed by atoms with Crippen LogP contribution < -0.4 is 9.47 Å². The summed E-state index contributed by atoms with van der Waals surface area (Å²) < 4.78 is 10.8. The molecule has 1 aliphatic heterocycles. The largest absolute Gasteiger partial charge is 0.497 e. The number of nitrogens with zero attached hydrogens (tertiary/aromatic N) is 1. The second kappa shape index (κ2) is 7.05. The monoisotopic (exact) mass is 311 g/mol. The van der Waals surface area contributed by atoms with Gasteiger partial charge in [-0.25, -0.2) is 0 Å². The SMILES string of the molecule is COc1cc(CN2CCC[C@H]2c2cccc(C)c2)cc(OC)c1. The topological polar surface area (TPSA) is 21.7 Å². The summed E-state index contributed by atoms with van der Waals surface area (Å²) >= 11 is 0. The molecule has 1 aliphatic rings. The normalized spacial score (nSPS) is 18.1. The third-order valence-corrected chi connectivity index (χ3v) is 4.59. The third kappa shape index (κ3) is 3.67. The lowest BCUT2D eigenvalue weighted by Gasteiger charge is -2.25. The third-order valence-electron chi connectivity index (χ3n) is 4.59. The van der Waals surface area contributed by atoms with Crippen molar-refractivity contribution in [3.05, 3.63) is 59.2 Å². The lowest BCUT2D eigenvalue weighted by Crippen LogP contribution is -2.22. The summed E-state index contributed by atoms with van der Waals surface area (Å²) in [7, 11) is 3.40. The molecule has 0 bridgehead atoms. The van der Waals surface area contributed by atoms with E-state index in [1.165, 1.54) is 29.5 Å². The molecule has 3 heteroatoms. The van der Waals surface area contributed by atoms with Gasteiger partial charge in [0.2, 0.25) is 0 Å². The van der Waals surface area contributed by atoms with Crippen molar-refractivity contribution in [3.8, 4) is 11.5 Å². The lowest BCUT2D eigenvalue weighted by molar-refractivity contribution is 0.247. The van der Waals surface area contributed by atoms with E-state index in [0.29, 0.717) is 6.04 Å². The van der Waals surface area contributed by atoms with Crippen LogP contribution in [-0.2, 0) is 6.54 Å². The van der Waals surface area contributed by atoms with Gasteiger partial charge < -0.3 is 9.47 Å². The first-order valence-electron chi connectivity index (χ1n) is 8.22. The van der Waals surface area contributed by atoms with Crippen molar-refractivity contribution >= 4 is 0 Å². The molecule has 0 saturated carbocycles. The zero-order valence-electron chi connectivity index (χ0n) is 14.2. The molecule has 2 aromatic rings. The predicted molar refractivity (Wildman–Crippen MR) is 93.1 cm³/mol. The van der Waals surface area contributed by atoms with Crippen molar-refractivity contribution in [3.63, 3.8) is 0 Å². The fourth-order valence-corrected chi connectivity index (χ4v) is 3.46. The van der Waals surface area contributed by atoms with Gasteiger partial charge in [-0.15, -0.1) is 0 Å². The molecule has 1 heterocycles. The Morgan fingerprint density at radius 1 is 1.04 bits per heavy atom. The molecule has 0 N–H and O–H groups in total. The highest BCUT2D eigenvalue weighted by Crippen LogP contribution is 2.34. The average molecular weight is 311 g/mol. The number of hydrogen-bond donors (Lipinski definition) is 0. The highest BCUT2D eigenvalue weighted by Gasteiger charge is 2.26. The molecule has 122 valence electrons. The molecule has 3 nitrogen and oxygen atoms in total. The van der Waals surface area contributed by atoms with Crippen molar-refractivity contribution in [2.75, 3.05) is 20.8 Å². The van der Waals surface area contributed by atoms with E-state index in [0.717, 1.165) is 24.6 Å². The van der Waals surface area contributed by atoms with E-state index in [2.05, 4.69) is 48.2 Å². The molecule has 0 radical (unpaired) electrons. The number of likely N-dealkylation sites (tertiary alicyclic amines) is 1. The maximum atomic E-state index is 5.39. The standard InChI is InChI=1S/C20H25NO2/c1-15-6-4-7-17(10-15)20-8-5-9-21(20)14-16-11-18(22-2)13-19(12-16)23-3/h4,6-7,10-13,20H,5,8-9,14H2,1-3H3/t20-/m0/s1. The van der Waals surface area contributed by atoms with Crippen LogP contribution >= 0.6 is 0 Å². The number of benzene rings is 2. The second-order valence-corrected chi connectivity index (χ2v) is 6.26. The van der Waals surface area contributed by atoms with Gasteiger partial charge in [0.15, 0.2) is 0 Å². The van der Waals surface area contributed by atoms with Crippen LogP contribution in [0.3, 0.4) is 0 Å². The van der Waals surface area contributed by atoms with E-state index in [9.17, 15) is 0 Å². The molecule has 1 saturated heterocycles. The predicted octanol–water partition coefficient (Wildman–Crippen LogP) is 4.35. The summed E-state index contributed by atoms with van der Waals surface area (Å²) in [5.74, 6) is 1.70. The van der Waals surface area contributed by atoms with Crippen molar-refractivity contribution in [1.29, 1.82) is 0 Å². The minimum atomic E-state index is 0.507. The molecule has 23 heavy (non-hydrogen) atoms. The Balaban J connectivity index is 1.81. The van der Waals surface area contributed by atoms with Gasteiger partial charge in [0, 0.05) is 18.7 Å². The van der Waals surface area contributed by atoms with Gasteiger partial charge >= 0.3 is 0 Å². The Kier molecular flexibility index (Phi) is 4.87. The Bertz CT molecular complexity index is 646. The first-order chi connectivity index (χ1) is 11.2. The Morgan fingerprint density at radius 3 is 2.43 bits per heavy atom. The van der Waals surface area contributed by atoms with Gasteiger partial charge in [0.05, 0.1) is 14.2 Å². The molecular formula is C20H25NO2. The summed E-state index contributed by atoms with van der Waals surface area (Å²) in [5.41, 5.74) is 4.00. The average Bonchev–Trinajstić information content (AvgIpc) is 3.02. The van der Waals surface area contributed by atoms with E-state index in [1.54, 1.807) is 14.2 Å². The van der Waals surface area contributed by atoms with Gasteiger partial charge in [-0.05, 0) is 49.6 Å². The van der Waals surface area contributed by atoms with Gasteiger partial charge in [0.25, 0.3) is 0 Å². The van der Waals surface area contributed by atoms with Crippen LogP contribution in [0.2, 0.25) is 0 Å². The zero-order valence-corrected chi connectivity index (χ0v) is 14.2. The number of aryl methyl sites for hydroxylation is 1. The molecule has 1 atom stereocenters. The molecule has 0 spiro atoms. The highest BCUT2D eigenvalue weighted by atomic mass is 16.5. The van der Waals surface area contributed by atoms with Crippen LogP contribution in [0.25, 0.3) is 0 Å². The lowest BCUT2D eigenvalue weighted by atomic mass is 10.0. The molecule has 1 fully saturated rings. The fraction of sp³-hybridized carbons (Fsp3) is 0.400. The first-order valence-corrected chi connectivity index (χ1v) is 8.22. The molecule has 3 rings (SSSR count). The zero-order chi connectivity index (χ0) is 16.2. The van der Waals surface area contributed by atoms with Gasteiger partial charge in [-0.3, -0.25) is 4.90 Å². The number of hydrogen-bond acceptors (Lipinski definition) is 3. The van der Waals surface area contributed by atoms with E-state index in [-0.39, 0.29) is 0 Å². The summed E-state index contributed by atoms with van der Waals surface area (Å²) in [6, 6.07) is 15.5. The smallest absolute Gasteiger partial charge is 0.122 e. The van der Waals surface area contributed by atoms with Crippen LogP contribution in [0.1, 0.15) is 35.6 Å². The van der Waals surface area contributed by atoms with Crippen LogP contribution in [-0.4, -0.2) is 25.7 Å². The maximum Gasteiger partial charge on any atom is 0.122 e. The van der Waals surface area contributed by atoms with Gasteiger partial charge in [-0.1, -0.05) is 29.8 Å². The molecule has 2 aromatic carbocycles. The van der Waals surface area contributed by atoms with E-state index in [4.69, 9.17) is 9.47 Å². The van der Waals surface area contributed by atoms with Gasteiger partial charge in [-0.2, -0.15) is 0 Å². The minimum absolute atomic E-state index is 0.507. The highest BCUT2D eigenvalue weighted by molar-refractivity contribution is 5.38. The Hall–Kier alpha value is -2.00. The van der Waals surface area contributed by atoms with E-state index >= 15 is 0 Å². The second-order valence-electron chi connectivity index (χ2n) is 6.26. The summed E-state index contributed by atoms with van der Waals surface area (Å²) in [5, 5.41) is 0. The van der Waals surface area contributed by atoms with Crippen molar-refractivity contribution in [2.24, 2.45) is 0 Å². The van der Waals surface area contributed by atoms with Crippen molar-refractivity contribution in [1.82, 2.24) is 4.90 Å². The van der Waals surface area contributed by atoms with Crippen molar-refractivity contribution < 1.29 is 9.47 Å². The molecular weight excluding hydrogens is 286 g/mol. The van der Waals surface area contributed by atoms with Crippen molar-refractivity contribution in [2.45, 2.75) is 32.4 Å². The Morgan fingerprint density at radius 2 is 1.78 bits per heavy atom. The van der Waals surface area contributed by atoms with Crippen LogP contribution in [0.4, 0.5) is 0 Å². The molecule has 0 unspecified atom stereocenters. The summed E-state index contributed by atoms with van der Waals surface area (Å²) in [4.78, 5) is 2.56. The van der Waals surface area contributed by atoms with Crippen LogP contribution in [0, 0.1) is 6.92 Å². The number of ether oxygens (including phenoxy) is 2. The van der Waals surface area contributed by atoms with Crippen LogP contribution in [0.5, 0.6) is 11.5 Å².